The summed E-state index contributed by atoms with van der Waals surface area (Å²) in [7, 11) is 0. The lowest BCUT2D eigenvalue weighted by Crippen LogP contribution is -2.38. The van der Waals surface area contributed by atoms with E-state index in [0.717, 1.165) is 6.54 Å². The minimum Gasteiger partial charge on any atom is -0.302 e. The Labute approximate surface area is 115 Å². The number of halogens is 1. The summed E-state index contributed by atoms with van der Waals surface area (Å²) in [6, 6.07) is 7.67. The summed E-state index contributed by atoms with van der Waals surface area (Å²) in [5.74, 6) is -0.140. The maximum Gasteiger partial charge on any atom is 0.123 e. The fraction of sp³-hybridized carbons (Fsp3) is 0.625. The van der Waals surface area contributed by atoms with Crippen LogP contribution in [-0.4, -0.2) is 42.0 Å². The van der Waals surface area contributed by atoms with Crippen LogP contribution in [-0.2, 0) is 6.54 Å². The van der Waals surface area contributed by atoms with Crippen LogP contribution in [0.1, 0.15) is 31.2 Å². The Morgan fingerprint density at radius 1 is 1.00 bits per heavy atom. The largest absolute Gasteiger partial charge is 0.302 e. The second-order valence-electron chi connectivity index (χ2n) is 5.90. The second-order valence-corrected chi connectivity index (χ2v) is 5.90. The van der Waals surface area contributed by atoms with E-state index in [1.165, 1.54) is 57.4 Å². The van der Waals surface area contributed by atoms with Crippen molar-refractivity contribution in [3.05, 3.63) is 35.6 Å². The predicted octanol–water partition coefficient (Wildman–Crippen LogP) is 2.89. The molecule has 1 aromatic rings. The third kappa shape index (κ3) is 3.34. The molecule has 0 aliphatic carbocycles. The lowest BCUT2D eigenvalue weighted by molar-refractivity contribution is 0.185. The summed E-state index contributed by atoms with van der Waals surface area (Å²) in [5.41, 5.74) is 1.23. The molecule has 1 atom stereocenters. The average molecular weight is 262 g/mol. The van der Waals surface area contributed by atoms with E-state index in [4.69, 9.17) is 0 Å². The molecule has 0 saturated carbocycles. The van der Waals surface area contributed by atoms with Gasteiger partial charge in [0.15, 0.2) is 0 Å². The van der Waals surface area contributed by atoms with Gasteiger partial charge in [0.2, 0.25) is 0 Å². The molecule has 0 radical (unpaired) electrons. The maximum atomic E-state index is 12.9. The molecular formula is C16H23FN2. The monoisotopic (exact) mass is 262 g/mol. The summed E-state index contributed by atoms with van der Waals surface area (Å²) in [6.45, 7) is 5.94. The fourth-order valence-corrected chi connectivity index (χ4v) is 3.40. The zero-order chi connectivity index (χ0) is 13.1. The highest BCUT2D eigenvalue weighted by Gasteiger charge is 2.27. The zero-order valence-electron chi connectivity index (χ0n) is 11.5. The van der Waals surface area contributed by atoms with Crippen molar-refractivity contribution in [2.75, 3.05) is 26.2 Å². The van der Waals surface area contributed by atoms with Crippen LogP contribution in [0.2, 0.25) is 0 Å². The van der Waals surface area contributed by atoms with E-state index >= 15 is 0 Å². The molecule has 0 N–H and O–H groups in total. The molecule has 0 aromatic heterocycles. The van der Waals surface area contributed by atoms with Gasteiger partial charge in [0, 0.05) is 19.1 Å². The molecule has 2 fully saturated rings. The minimum absolute atomic E-state index is 0.140. The highest BCUT2D eigenvalue weighted by atomic mass is 19.1. The minimum atomic E-state index is -0.140. The predicted molar refractivity (Wildman–Crippen MR) is 75.5 cm³/mol. The smallest absolute Gasteiger partial charge is 0.123 e. The van der Waals surface area contributed by atoms with Gasteiger partial charge < -0.3 is 4.90 Å². The standard InChI is InChI=1S/C16H23FN2/c17-15-7-5-14(6-8-15)12-19-11-3-4-16(19)13-18-9-1-2-10-18/h5-8,16H,1-4,9-13H2/t16-/m0/s1. The molecule has 104 valence electrons. The van der Waals surface area contributed by atoms with Crippen molar-refractivity contribution in [1.82, 2.24) is 9.80 Å². The molecule has 1 aromatic carbocycles. The molecule has 0 amide bonds. The Morgan fingerprint density at radius 3 is 2.47 bits per heavy atom. The number of likely N-dealkylation sites (tertiary alicyclic amines) is 2. The van der Waals surface area contributed by atoms with Gasteiger partial charge in [0.25, 0.3) is 0 Å². The van der Waals surface area contributed by atoms with Crippen molar-refractivity contribution in [2.24, 2.45) is 0 Å². The summed E-state index contributed by atoms with van der Waals surface area (Å²) < 4.78 is 12.9. The normalized spacial score (nSPS) is 25.2. The van der Waals surface area contributed by atoms with E-state index in [-0.39, 0.29) is 5.82 Å². The van der Waals surface area contributed by atoms with E-state index in [1.54, 1.807) is 12.1 Å². The molecule has 0 spiro atoms. The number of hydrogen-bond donors (Lipinski definition) is 0. The van der Waals surface area contributed by atoms with E-state index in [1.807, 2.05) is 12.1 Å². The third-order valence-electron chi connectivity index (χ3n) is 4.47. The van der Waals surface area contributed by atoms with E-state index < -0.39 is 0 Å². The van der Waals surface area contributed by atoms with Gasteiger partial charge in [-0.25, -0.2) is 4.39 Å². The molecular weight excluding hydrogens is 239 g/mol. The summed E-state index contributed by atoms with van der Waals surface area (Å²) >= 11 is 0. The van der Waals surface area contributed by atoms with Crippen molar-refractivity contribution in [1.29, 1.82) is 0 Å². The van der Waals surface area contributed by atoms with E-state index in [9.17, 15) is 4.39 Å². The molecule has 3 rings (SSSR count). The Kier molecular flexibility index (Phi) is 4.14. The van der Waals surface area contributed by atoms with Gasteiger partial charge in [-0.15, -0.1) is 0 Å². The lowest BCUT2D eigenvalue weighted by atomic mass is 10.1. The van der Waals surface area contributed by atoms with Gasteiger partial charge >= 0.3 is 0 Å². The van der Waals surface area contributed by atoms with Gasteiger partial charge in [-0.1, -0.05) is 12.1 Å². The van der Waals surface area contributed by atoms with Gasteiger partial charge in [-0.3, -0.25) is 4.90 Å². The van der Waals surface area contributed by atoms with Crippen LogP contribution in [0.3, 0.4) is 0 Å². The lowest BCUT2D eigenvalue weighted by Gasteiger charge is -2.28. The second kappa shape index (κ2) is 6.02. The zero-order valence-corrected chi connectivity index (χ0v) is 11.5. The maximum absolute atomic E-state index is 12.9. The number of benzene rings is 1. The van der Waals surface area contributed by atoms with Crippen LogP contribution in [0, 0.1) is 5.82 Å². The SMILES string of the molecule is Fc1ccc(CN2CCC[C@H]2CN2CCCC2)cc1. The molecule has 2 heterocycles. The van der Waals surface area contributed by atoms with Crippen LogP contribution < -0.4 is 0 Å². The summed E-state index contributed by atoms with van der Waals surface area (Å²) in [5, 5.41) is 0. The quantitative estimate of drug-likeness (QED) is 0.823. The Balaban J connectivity index is 1.57. The van der Waals surface area contributed by atoms with Crippen LogP contribution in [0.15, 0.2) is 24.3 Å². The topological polar surface area (TPSA) is 6.48 Å². The Hall–Kier alpha value is -0.930. The Morgan fingerprint density at radius 2 is 1.74 bits per heavy atom. The Bertz CT molecular complexity index is 398. The van der Waals surface area contributed by atoms with Gasteiger partial charge in [0.05, 0.1) is 0 Å². The van der Waals surface area contributed by atoms with E-state index in [0.29, 0.717) is 6.04 Å². The van der Waals surface area contributed by atoms with Crippen molar-refractivity contribution in [3.63, 3.8) is 0 Å². The van der Waals surface area contributed by atoms with Crippen molar-refractivity contribution >= 4 is 0 Å². The molecule has 19 heavy (non-hydrogen) atoms. The van der Waals surface area contributed by atoms with Gasteiger partial charge in [0.1, 0.15) is 5.82 Å². The highest BCUT2D eigenvalue weighted by molar-refractivity contribution is 5.16. The molecule has 3 heteroatoms. The first-order valence-corrected chi connectivity index (χ1v) is 7.52. The van der Waals surface area contributed by atoms with Crippen LogP contribution in [0.5, 0.6) is 0 Å². The fourth-order valence-electron chi connectivity index (χ4n) is 3.40. The first-order chi connectivity index (χ1) is 9.31. The van der Waals surface area contributed by atoms with Gasteiger partial charge in [-0.2, -0.15) is 0 Å². The molecule has 2 nitrogen and oxygen atoms in total. The first kappa shape index (κ1) is 13.1. The third-order valence-corrected chi connectivity index (χ3v) is 4.47. The van der Waals surface area contributed by atoms with Crippen LogP contribution >= 0.6 is 0 Å². The number of hydrogen-bond acceptors (Lipinski definition) is 2. The summed E-state index contributed by atoms with van der Waals surface area (Å²) in [4.78, 5) is 5.18. The van der Waals surface area contributed by atoms with Crippen molar-refractivity contribution in [3.8, 4) is 0 Å². The van der Waals surface area contributed by atoms with Crippen molar-refractivity contribution < 1.29 is 4.39 Å². The van der Waals surface area contributed by atoms with E-state index in [2.05, 4.69) is 9.80 Å². The molecule has 2 saturated heterocycles. The average Bonchev–Trinajstić information content (AvgIpc) is 3.06. The molecule has 2 aliphatic heterocycles. The summed E-state index contributed by atoms with van der Waals surface area (Å²) in [6.07, 6.45) is 5.35. The molecule has 0 bridgehead atoms. The van der Waals surface area contributed by atoms with Crippen molar-refractivity contribution in [2.45, 2.75) is 38.3 Å². The highest BCUT2D eigenvalue weighted by Crippen LogP contribution is 2.22. The number of nitrogens with zero attached hydrogens (tertiary/aromatic N) is 2. The number of rotatable bonds is 4. The van der Waals surface area contributed by atoms with Crippen LogP contribution in [0.4, 0.5) is 4.39 Å². The van der Waals surface area contributed by atoms with Gasteiger partial charge in [-0.05, 0) is 63.0 Å². The first-order valence-electron chi connectivity index (χ1n) is 7.52. The molecule has 0 unspecified atom stereocenters. The van der Waals surface area contributed by atoms with Crippen LogP contribution in [0.25, 0.3) is 0 Å². The molecule has 2 aliphatic rings.